The molecule has 1 unspecified atom stereocenters. The monoisotopic (exact) mass is 371 g/mol. The fraction of sp³-hybridized carbons (Fsp3) is 0.571. The van der Waals surface area contributed by atoms with Crippen LogP contribution in [-0.4, -0.2) is 32.0 Å². The number of hydrogen-bond acceptors (Lipinski definition) is 2. The van der Waals surface area contributed by atoms with Crippen molar-refractivity contribution in [2.24, 2.45) is 0 Å². The molecule has 21 heavy (non-hydrogen) atoms. The fourth-order valence-electron chi connectivity index (χ4n) is 1.82. The molecule has 7 heteroatoms. The first kappa shape index (κ1) is 18.4. The van der Waals surface area contributed by atoms with E-state index in [1.807, 2.05) is 6.92 Å². The van der Waals surface area contributed by atoms with Crippen LogP contribution in [-0.2, 0) is 11.2 Å². The number of hydrogen-bond donors (Lipinski definition) is 1. The Hall–Kier alpha value is -0.660. The van der Waals surface area contributed by atoms with Crippen molar-refractivity contribution in [3.63, 3.8) is 0 Å². The molecule has 0 bridgehead atoms. The Kier molecular flexibility index (Phi) is 7.62. The molecule has 0 heterocycles. The van der Waals surface area contributed by atoms with Gasteiger partial charge >= 0.3 is 6.18 Å². The fourth-order valence-corrected chi connectivity index (χ4v) is 2.23. The summed E-state index contributed by atoms with van der Waals surface area (Å²) in [6, 6.07) is 4.16. The van der Waals surface area contributed by atoms with Gasteiger partial charge in [0.15, 0.2) is 0 Å². The molecule has 0 aliphatic rings. The molecule has 1 N–H and O–H groups in total. The van der Waals surface area contributed by atoms with Crippen LogP contribution in [0.5, 0.6) is 0 Å². The zero-order valence-corrected chi connectivity index (χ0v) is 13.2. The van der Waals surface area contributed by atoms with Crippen LogP contribution >= 0.6 is 15.9 Å². The highest BCUT2D eigenvalue weighted by atomic mass is 79.9. The van der Waals surface area contributed by atoms with Crippen LogP contribution in [0.1, 0.15) is 18.9 Å². The molecule has 0 fully saturated rings. The first-order valence-electron chi connectivity index (χ1n) is 6.63. The van der Waals surface area contributed by atoms with Gasteiger partial charge in [0.05, 0.1) is 6.61 Å². The summed E-state index contributed by atoms with van der Waals surface area (Å²) in [7, 11) is 0. The molecule has 0 saturated heterocycles. The minimum atomic E-state index is -4.35. The summed E-state index contributed by atoms with van der Waals surface area (Å²) in [5, 5.41) is 3.08. The van der Waals surface area contributed by atoms with E-state index in [4.69, 9.17) is 0 Å². The summed E-state index contributed by atoms with van der Waals surface area (Å²) < 4.78 is 55.4. The van der Waals surface area contributed by atoms with Gasteiger partial charge in [0, 0.05) is 10.5 Å². The Balaban J connectivity index is 2.62. The van der Waals surface area contributed by atoms with Gasteiger partial charge in [0.1, 0.15) is 12.4 Å². The van der Waals surface area contributed by atoms with E-state index in [-0.39, 0.29) is 24.9 Å². The van der Waals surface area contributed by atoms with Crippen molar-refractivity contribution < 1.29 is 22.3 Å². The van der Waals surface area contributed by atoms with Gasteiger partial charge < -0.3 is 10.1 Å². The summed E-state index contributed by atoms with van der Waals surface area (Å²) in [6.07, 6.45) is -3.25. The smallest absolute Gasteiger partial charge is 0.370 e. The number of benzene rings is 1. The zero-order chi connectivity index (χ0) is 15.9. The van der Waals surface area contributed by atoms with Gasteiger partial charge in [-0.15, -0.1) is 0 Å². The predicted octanol–water partition coefficient (Wildman–Crippen LogP) is 4.08. The lowest BCUT2D eigenvalue weighted by Gasteiger charge is -2.19. The van der Waals surface area contributed by atoms with E-state index >= 15 is 0 Å². The highest BCUT2D eigenvalue weighted by molar-refractivity contribution is 9.10. The maximum atomic E-state index is 13.7. The summed E-state index contributed by atoms with van der Waals surface area (Å²) in [5.41, 5.74) is 0.439. The van der Waals surface area contributed by atoms with E-state index in [9.17, 15) is 17.6 Å². The summed E-state index contributed by atoms with van der Waals surface area (Å²) >= 11 is 3.25. The van der Waals surface area contributed by atoms with Crippen molar-refractivity contribution in [1.29, 1.82) is 0 Å². The van der Waals surface area contributed by atoms with Crippen LogP contribution in [0.3, 0.4) is 0 Å². The van der Waals surface area contributed by atoms with Gasteiger partial charge in [-0.1, -0.05) is 22.9 Å². The van der Waals surface area contributed by atoms with Crippen molar-refractivity contribution in [1.82, 2.24) is 5.32 Å². The molecule has 0 spiro atoms. The Morgan fingerprint density at radius 2 is 2.05 bits per heavy atom. The largest absolute Gasteiger partial charge is 0.411 e. The topological polar surface area (TPSA) is 21.3 Å². The van der Waals surface area contributed by atoms with Gasteiger partial charge in [-0.25, -0.2) is 4.39 Å². The molecule has 0 aromatic heterocycles. The zero-order valence-electron chi connectivity index (χ0n) is 11.6. The van der Waals surface area contributed by atoms with Crippen LogP contribution in [0, 0.1) is 5.82 Å². The molecule has 2 nitrogen and oxygen atoms in total. The normalized spacial score (nSPS) is 13.4. The van der Waals surface area contributed by atoms with Crippen molar-refractivity contribution in [2.45, 2.75) is 32.0 Å². The average Bonchev–Trinajstić information content (AvgIpc) is 2.38. The van der Waals surface area contributed by atoms with E-state index in [1.54, 1.807) is 12.1 Å². The molecule has 1 atom stereocenters. The predicted molar refractivity (Wildman–Crippen MR) is 76.8 cm³/mol. The second-order valence-corrected chi connectivity index (χ2v) is 5.64. The number of ether oxygens (including phenoxy) is 1. The summed E-state index contributed by atoms with van der Waals surface area (Å²) in [4.78, 5) is 0. The molecule has 0 radical (unpaired) electrons. The molecular formula is C14H18BrF4NO. The number of nitrogens with one attached hydrogen (secondary N) is 1. The van der Waals surface area contributed by atoms with E-state index < -0.39 is 12.8 Å². The lowest BCUT2D eigenvalue weighted by Crippen LogP contribution is -2.37. The van der Waals surface area contributed by atoms with Crippen LogP contribution in [0.4, 0.5) is 17.6 Å². The molecule has 0 aliphatic heterocycles. The van der Waals surface area contributed by atoms with E-state index in [1.165, 1.54) is 6.07 Å². The molecule has 0 aliphatic carbocycles. The minimum absolute atomic E-state index is 0.120. The van der Waals surface area contributed by atoms with Crippen molar-refractivity contribution in [2.75, 3.05) is 19.8 Å². The SMILES string of the molecule is CCCNC(COCC(F)(F)F)Cc1cc(Br)ccc1F. The molecule has 0 amide bonds. The maximum Gasteiger partial charge on any atom is 0.411 e. The highest BCUT2D eigenvalue weighted by Gasteiger charge is 2.28. The molecule has 120 valence electrons. The third-order valence-corrected chi connectivity index (χ3v) is 3.24. The lowest BCUT2D eigenvalue weighted by molar-refractivity contribution is -0.175. The molecule has 0 saturated carbocycles. The maximum absolute atomic E-state index is 13.7. The van der Waals surface area contributed by atoms with E-state index in [0.717, 1.165) is 10.9 Å². The van der Waals surface area contributed by atoms with Gasteiger partial charge in [0.25, 0.3) is 0 Å². The summed E-state index contributed by atoms with van der Waals surface area (Å²) in [5.74, 6) is -0.377. The van der Waals surface area contributed by atoms with Gasteiger partial charge in [-0.3, -0.25) is 0 Å². The third kappa shape index (κ3) is 7.78. The Morgan fingerprint density at radius 3 is 2.67 bits per heavy atom. The van der Waals surface area contributed by atoms with E-state index in [0.29, 0.717) is 12.1 Å². The quantitative estimate of drug-likeness (QED) is 0.695. The minimum Gasteiger partial charge on any atom is -0.370 e. The highest BCUT2D eigenvalue weighted by Crippen LogP contribution is 2.18. The second-order valence-electron chi connectivity index (χ2n) is 4.72. The first-order valence-corrected chi connectivity index (χ1v) is 7.43. The third-order valence-electron chi connectivity index (χ3n) is 2.74. The van der Waals surface area contributed by atoms with Crippen molar-refractivity contribution in [3.8, 4) is 0 Å². The van der Waals surface area contributed by atoms with Gasteiger partial charge in [-0.05, 0) is 43.1 Å². The van der Waals surface area contributed by atoms with Gasteiger partial charge in [-0.2, -0.15) is 13.2 Å². The standard InChI is InChI=1S/C14H18BrF4NO/c1-2-5-20-12(8-21-9-14(17,18)19)7-10-6-11(15)3-4-13(10)16/h3-4,6,12,20H,2,5,7-9H2,1H3. The molecule has 1 aromatic carbocycles. The van der Waals surface area contributed by atoms with Crippen molar-refractivity contribution in [3.05, 3.63) is 34.1 Å². The molecule has 1 rings (SSSR count). The average molecular weight is 372 g/mol. The Bertz CT molecular complexity index is 439. The summed E-state index contributed by atoms with van der Waals surface area (Å²) in [6.45, 7) is 1.17. The first-order chi connectivity index (χ1) is 9.81. The van der Waals surface area contributed by atoms with Crippen LogP contribution < -0.4 is 5.32 Å². The van der Waals surface area contributed by atoms with Crippen LogP contribution in [0.25, 0.3) is 0 Å². The van der Waals surface area contributed by atoms with E-state index in [2.05, 4.69) is 26.0 Å². The van der Waals surface area contributed by atoms with Gasteiger partial charge in [0.2, 0.25) is 0 Å². The molecular weight excluding hydrogens is 354 g/mol. The van der Waals surface area contributed by atoms with Crippen LogP contribution in [0.15, 0.2) is 22.7 Å². The van der Waals surface area contributed by atoms with Crippen molar-refractivity contribution >= 4 is 15.9 Å². The second kappa shape index (κ2) is 8.70. The Morgan fingerprint density at radius 1 is 1.33 bits per heavy atom. The van der Waals surface area contributed by atoms with Crippen LogP contribution in [0.2, 0.25) is 0 Å². The Labute approximate surface area is 130 Å². The number of halogens is 5. The number of alkyl halides is 3. The lowest BCUT2D eigenvalue weighted by atomic mass is 10.1. The number of rotatable bonds is 8. The molecule has 1 aromatic rings.